The maximum atomic E-state index is 8.62. The van der Waals surface area contributed by atoms with Crippen LogP contribution in [0.15, 0.2) is 28.7 Å². The van der Waals surface area contributed by atoms with Crippen LogP contribution < -0.4 is 0 Å². The maximum Gasteiger partial charge on any atom is 0.192 e. The van der Waals surface area contributed by atoms with E-state index in [9.17, 15) is 0 Å². The average molecular weight is 189 g/mol. The summed E-state index contributed by atoms with van der Waals surface area (Å²) in [6, 6.07) is 5.74. The number of aromatic nitrogens is 1. The van der Waals surface area contributed by atoms with Gasteiger partial charge < -0.3 is 9.52 Å². The first-order chi connectivity index (χ1) is 6.79. The summed E-state index contributed by atoms with van der Waals surface area (Å²) in [6.45, 7) is 1.87. The highest BCUT2D eigenvalue weighted by Crippen LogP contribution is 2.17. The molecule has 0 aliphatic rings. The molecule has 0 unspecified atom stereocenters. The van der Waals surface area contributed by atoms with Crippen molar-refractivity contribution in [3.8, 4) is 0 Å². The van der Waals surface area contributed by atoms with Crippen LogP contribution in [0.5, 0.6) is 0 Å². The second-order valence-corrected chi connectivity index (χ2v) is 3.04. The Bertz CT molecular complexity index is 471. The third-order valence-corrected chi connectivity index (χ3v) is 1.93. The van der Waals surface area contributed by atoms with E-state index in [1.807, 2.05) is 31.2 Å². The zero-order valence-electron chi connectivity index (χ0n) is 7.90. The van der Waals surface area contributed by atoms with Gasteiger partial charge in [-0.2, -0.15) is 0 Å². The fraction of sp³-hybridized carbons (Fsp3) is 0.182. The number of fused-ring (bicyclic) bond motifs is 1. The fourth-order valence-corrected chi connectivity index (χ4v) is 1.35. The van der Waals surface area contributed by atoms with Crippen LogP contribution in [0.25, 0.3) is 17.2 Å². The number of aliphatic hydroxyl groups excluding tert-OH is 1. The number of hydrogen-bond acceptors (Lipinski definition) is 3. The van der Waals surface area contributed by atoms with Crippen LogP contribution in [0.4, 0.5) is 0 Å². The van der Waals surface area contributed by atoms with E-state index in [4.69, 9.17) is 9.52 Å². The molecule has 3 nitrogen and oxygen atoms in total. The van der Waals surface area contributed by atoms with Crippen molar-refractivity contribution in [2.24, 2.45) is 0 Å². The molecule has 3 heteroatoms. The molecule has 0 aliphatic carbocycles. The molecule has 1 aromatic carbocycles. The number of aliphatic hydroxyl groups is 1. The Hall–Kier alpha value is -1.61. The first kappa shape index (κ1) is 8.97. The summed E-state index contributed by atoms with van der Waals surface area (Å²) in [5.41, 5.74) is 2.66. The SMILES string of the molecule is Cc1nc2cc(C=CCO)ccc2o1. The zero-order chi connectivity index (χ0) is 9.97. The highest BCUT2D eigenvalue weighted by molar-refractivity contribution is 5.76. The third-order valence-electron chi connectivity index (χ3n) is 1.93. The Kier molecular flexibility index (Phi) is 2.33. The van der Waals surface area contributed by atoms with Crippen LogP contribution in [0, 0.1) is 6.92 Å². The van der Waals surface area contributed by atoms with Crippen molar-refractivity contribution in [1.82, 2.24) is 4.98 Å². The van der Waals surface area contributed by atoms with Gasteiger partial charge in [0, 0.05) is 6.92 Å². The second-order valence-electron chi connectivity index (χ2n) is 3.04. The first-order valence-corrected chi connectivity index (χ1v) is 4.44. The van der Waals surface area contributed by atoms with Gasteiger partial charge in [-0.3, -0.25) is 0 Å². The van der Waals surface area contributed by atoms with Crippen molar-refractivity contribution in [3.05, 3.63) is 35.7 Å². The monoisotopic (exact) mass is 189 g/mol. The molecule has 1 aromatic heterocycles. The number of benzene rings is 1. The molecule has 1 heterocycles. The lowest BCUT2D eigenvalue weighted by atomic mass is 10.2. The van der Waals surface area contributed by atoms with E-state index >= 15 is 0 Å². The highest BCUT2D eigenvalue weighted by atomic mass is 16.3. The largest absolute Gasteiger partial charge is 0.441 e. The Morgan fingerprint density at radius 2 is 2.36 bits per heavy atom. The minimum atomic E-state index is 0.0515. The van der Waals surface area contributed by atoms with Crippen LogP contribution in [0.3, 0.4) is 0 Å². The fourth-order valence-electron chi connectivity index (χ4n) is 1.35. The lowest BCUT2D eigenvalue weighted by Gasteiger charge is -1.91. The van der Waals surface area contributed by atoms with E-state index in [1.165, 1.54) is 0 Å². The van der Waals surface area contributed by atoms with Crippen molar-refractivity contribution in [3.63, 3.8) is 0 Å². The third kappa shape index (κ3) is 1.67. The molecule has 0 bridgehead atoms. The normalized spacial score (nSPS) is 11.6. The Morgan fingerprint density at radius 1 is 1.50 bits per heavy atom. The molecule has 0 spiro atoms. The maximum absolute atomic E-state index is 8.62. The Balaban J connectivity index is 2.45. The summed E-state index contributed by atoms with van der Waals surface area (Å²) >= 11 is 0. The lowest BCUT2D eigenvalue weighted by molar-refractivity contribution is 0.343. The summed E-state index contributed by atoms with van der Waals surface area (Å²) in [5, 5.41) is 8.62. The quantitative estimate of drug-likeness (QED) is 0.787. The summed E-state index contributed by atoms with van der Waals surface area (Å²) < 4.78 is 5.34. The Morgan fingerprint density at radius 3 is 3.14 bits per heavy atom. The van der Waals surface area contributed by atoms with Crippen LogP contribution >= 0.6 is 0 Å². The second kappa shape index (κ2) is 3.64. The number of nitrogens with zero attached hydrogens (tertiary/aromatic N) is 1. The van der Waals surface area contributed by atoms with Gasteiger partial charge in [-0.1, -0.05) is 18.2 Å². The van der Waals surface area contributed by atoms with Gasteiger partial charge in [0.25, 0.3) is 0 Å². The van der Waals surface area contributed by atoms with Crippen molar-refractivity contribution < 1.29 is 9.52 Å². The van der Waals surface area contributed by atoms with Gasteiger partial charge in [-0.05, 0) is 17.7 Å². The van der Waals surface area contributed by atoms with Crippen LogP contribution in [0.2, 0.25) is 0 Å². The minimum Gasteiger partial charge on any atom is -0.441 e. The molecule has 0 atom stereocenters. The smallest absolute Gasteiger partial charge is 0.192 e. The van der Waals surface area contributed by atoms with Gasteiger partial charge >= 0.3 is 0 Å². The summed E-state index contributed by atoms with van der Waals surface area (Å²) in [4.78, 5) is 4.22. The average Bonchev–Trinajstić information content (AvgIpc) is 2.54. The van der Waals surface area contributed by atoms with Gasteiger partial charge in [0.15, 0.2) is 11.5 Å². The predicted octanol–water partition coefficient (Wildman–Crippen LogP) is 2.14. The van der Waals surface area contributed by atoms with E-state index < -0.39 is 0 Å². The van der Waals surface area contributed by atoms with E-state index in [-0.39, 0.29) is 6.61 Å². The van der Waals surface area contributed by atoms with Gasteiger partial charge in [0.1, 0.15) is 5.52 Å². The standard InChI is InChI=1S/C11H11NO2/c1-8-12-10-7-9(3-2-6-13)4-5-11(10)14-8/h2-5,7,13H,6H2,1H3. The molecule has 72 valence electrons. The molecule has 0 aliphatic heterocycles. The number of oxazole rings is 1. The molecule has 0 amide bonds. The molecule has 0 radical (unpaired) electrons. The number of rotatable bonds is 2. The zero-order valence-corrected chi connectivity index (χ0v) is 7.90. The lowest BCUT2D eigenvalue weighted by Crippen LogP contribution is -1.75. The van der Waals surface area contributed by atoms with Crippen LogP contribution in [0.1, 0.15) is 11.5 Å². The van der Waals surface area contributed by atoms with E-state index in [0.717, 1.165) is 16.7 Å². The van der Waals surface area contributed by atoms with Gasteiger partial charge in [0.2, 0.25) is 0 Å². The van der Waals surface area contributed by atoms with Crippen molar-refractivity contribution in [1.29, 1.82) is 0 Å². The number of aryl methyl sites for hydroxylation is 1. The summed E-state index contributed by atoms with van der Waals surface area (Å²) in [6.07, 6.45) is 3.54. The predicted molar refractivity (Wildman–Crippen MR) is 54.9 cm³/mol. The van der Waals surface area contributed by atoms with E-state index in [0.29, 0.717) is 5.89 Å². The molecular weight excluding hydrogens is 178 g/mol. The molecule has 0 saturated heterocycles. The van der Waals surface area contributed by atoms with Crippen molar-refractivity contribution in [2.75, 3.05) is 6.61 Å². The molecule has 2 aromatic rings. The van der Waals surface area contributed by atoms with Crippen molar-refractivity contribution in [2.45, 2.75) is 6.92 Å². The molecule has 2 rings (SSSR count). The molecular formula is C11H11NO2. The minimum absolute atomic E-state index is 0.0515. The molecule has 0 fully saturated rings. The molecule has 14 heavy (non-hydrogen) atoms. The van der Waals surface area contributed by atoms with Gasteiger partial charge in [-0.25, -0.2) is 4.98 Å². The Labute approximate surface area is 81.7 Å². The van der Waals surface area contributed by atoms with Crippen LogP contribution in [-0.2, 0) is 0 Å². The van der Waals surface area contributed by atoms with Crippen molar-refractivity contribution >= 4 is 17.2 Å². The molecule has 0 saturated carbocycles. The van der Waals surface area contributed by atoms with E-state index in [2.05, 4.69) is 4.98 Å². The topological polar surface area (TPSA) is 46.3 Å². The summed E-state index contributed by atoms with van der Waals surface area (Å²) in [7, 11) is 0. The van der Waals surface area contributed by atoms with E-state index in [1.54, 1.807) is 6.08 Å². The van der Waals surface area contributed by atoms with Crippen LogP contribution in [-0.4, -0.2) is 16.7 Å². The first-order valence-electron chi connectivity index (χ1n) is 4.44. The summed E-state index contributed by atoms with van der Waals surface area (Å²) in [5.74, 6) is 0.670. The van der Waals surface area contributed by atoms with Gasteiger partial charge in [-0.15, -0.1) is 0 Å². The highest BCUT2D eigenvalue weighted by Gasteiger charge is 2.00. The number of hydrogen-bond donors (Lipinski definition) is 1. The van der Waals surface area contributed by atoms with Gasteiger partial charge in [0.05, 0.1) is 6.61 Å². The molecule has 1 N–H and O–H groups in total.